The number of imidazole rings is 1. The third-order valence-electron chi connectivity index (χ3n) is 4.66. The van der Waals surface area contributed by atoms with Gasteiger partial charge in [0.05, 0.1) is 29.0 Å². The molecule has 0 aliphatic carbocycles. The smallest absolute Gasteiger partial charge is 0.253 e. The molecule has 0 saturated carbocycles. The average Bonchev–Trinajstić information content (AvgIpc) is 3.11. The molecule has 1 amide bonds. The van der Waals surface area contributed by atoms with Gasteiger partial charge < -0.3 is 9.88 Å². The maximum atomic E-state index is 13.4. The third-order valence-corrected chi connectivity index (χ3v) is 4.66. The maximum absolute atomic E-state index is 13.4. The number of para-hydroxylation sites is 2. The van der Waals surface area contributed by atoms with Crippen LogP contribution in [0.3, 0.4) is 0 Å². The highest BCUT2D eigenvalue weighted by Gasteiger charge is 2.18. The SMILES string of the molecule is Cc1ccc(C(=O)NC(Cn2cnc3ccccc32)c2ccc(F)cc2)cn1. The van der Waals surface area contributed by atoms with Crippen molar-refractivity contribution in [1.82, 2.24) is 19.9 Å². The molecule has 28 heavy (non-hydrogen) atoms. The number of amides is 1. The summed E-state index contributed by atoms with van der Waals surface area (Å²) in [6.07, 6.45) is 3.31. The fourth-order valence-corrected chi connectivity index (χ4v) is 3.13. The average molecular weight is 374 g/mol. The lowest BCUT2D eigenvalue weighted by atomic mass is 10.1. The zero-order valence-corrected chi connectivity index (χ0v) is 15.3. The van der Waals surface area contributed by atoms with Crippen molar-refractivity contribution >= 4 is 16.9 Å². The Balaban J connectivity index is 1.64. The van der Waals surface area contributed by atoms with Crippen molar-refractivity contribution in [2.45, 2.75) is 19.5 Å². The lowest BCUT2D eigenvalue weighted by Gasteiger charge is -2.20. The van der Waals surface area contributed by atoms with Crippen molar-refractivity contribution in [2.75, 3.05) is 0 Å². The van der Waals surface area contributed by atoms with Gasteiger partial charge in [0, 0.05) is 18.4 Å². The molecule has 0 fully saturated rings. The van der Waals surface area contributed by atoms with Crippen LogP contribution < -0.4 is 5.32 Å². The standard InChI is InChI=1S/C22H19FN4O/c1-15-6-7-17(12-24-15)22(28)26-20(16-8-10-18(23)11-9-16)13-27-14-25-19-4-2-3-5-21(19)27/h2-12,14,20H,13H2,1H3,(H,26,28). The summed E-state index contributed by atoms with van der Waals surface area (Å²) < 4.78 is 15.4. The number of hydrogen-bond acceptors (Lipinski definition) is 3. The van der Waals surface area contributed by atoms with Gasteiger partial charge in [-0.3, -0.25) is 9.78 Å². The van der Waals surface area contributed by atoms with Crippen LogP contribution in [0, 0.1) is 12.7 Å². The normalized spacial score (nSPS) is 12.1. The van der Waals surface area contributed by atoms with E-state index >= 15 is 0 Å². The molecular formula is C22H19FN4O. The summed E-state index contributed by atoms with van der Waals surface area (Å²) in [4.78, 5) is 21.3. The van der Waals surface area contributed by atoms with Gasteiger partial charge >= 0.3 is 0 Å². The van der Waals surface area contributed by atoms with E-state index in [2.05, 4.69) is 15.3 Å². The summed E-state index contributed by atoms with van der Waals surface area (Å²) in [7, 11) is 0. The summed E-state index contributed by atoms with van der Waals surface area (Å²) in [5.74, 6) is -0.545. The quantitative estimate of drug-likeness (QED) is 0.573. The number of aromatic nitrogens is 3. The number of halogens is 1. The van der Waals surface area contributed by atoms with Gasteiger partial charge in [-0.15, -0.1) is 0 Å². The summed E-state index contributed by atoms with van der Waals surface area (Å²) in [6.45, 7) is 2.34. The Kier molecular flexibility index (Phi) is 4.85. The second-order valence-corrected chi connectivity index (χ2v) is 6.65. The lowest BCUT2D eigenvalue weighted by molar-refractivity contribution is 0.0932. The molecular weight excluding hydrogens is 355 g/mol. The molecule has 0 aliphatic rings. The zero-order valence-electron chi connectivity index (χ0n) is 15.3. The van der Waals surface area contributed by atoms with Crippen molar-refractivity contribution in [3.63, 3.8) is 0 Å². The predicted molar refractivity (Wildman–Crippen MR) is 105 cm³/mol. The lowest BCUT2D eigenvalue weighted by Crippen LogP contribution is -2.31. The number of carbonyl (C=O) groups excluding carboxylic acids is 1. The van der Waals surface area contributed by atoms with Crippen molar-refractivity contribution < 1.29 is 9.18 Å². The molecule has 0 radical (unpaired) electrons. The Morgan fingerprint density at radius 1 is 1.07 bits per heavy atom. The van der Waals surface area contributed by atoms with E-state index in [-0.39, 0.29) is 17.8 Å². The first-order valence-corrected chi connectivity index (χ1v) is 8.99. The predicted octanol–water partition coefficient (Wildman–Crippen LogP) is 4.05. The monoisotopic (exact) mass is 374 g/mol. The van der Waals surface area contributed by atoms with Gasteiger partial charge in [-0.1, -0.05) is 24.3 Å². The first-order valence-electron chi connectivity index (χ1n) is 8.99. The molecule has 4 aromatic rings. The minimum Gasteiger partial charge on any atom is -0.343 e. The van der Waals surface area contributed by atoms with Gasteiger partial charge in [0.2, 0.25) is 0 Å². The Morgan fingerprint density at radius 3 is 2.61 bits per heavy atom. The molecule has 1 unspecified atom stereocenters. The summed E-state index contributed by atoms with van der Waals surface area (Å²) >= 11 is 0. The van der Waals surface area contributed by atoms with E-state index in [0.717, 1.165) is 22.3 Å². The third kappa shape index (κ3) is 3.76. The zero-order chi connectivity index (χ0) is 19.5. The molecule has 2 heterocycles. The first-order chi connectivity index (χ1) is 13.6. The van der Waals surface area contributed by atoms with E-state index in [0.29, 0.717) is 12.1 Å². The van der Waals surface area contributed by atoms with Gasteiger partial charge in [0.25, 0.3) is 5.91 Å². The number of pyridine rings is 1. The molecule has 1 N–H and O–H groups in total. The molecule has 0 spiro atoms. The molecule has 140 valence electrons. The number of fused-ring (bicyclic) bond motifs is 1. The van der Waals surface area contributed by atoms with Crippen LogP contribution in [0.4, 0.5) is 4.39 Å². The van der Waals surface area contributed by atoms with Crippen LogP contribution >= 0.6 is 0 Å². The summed E-state index contributed by atoms with van der Waals surface area (Å²) in [5, 5.41) is 3.04. The number of carbonyl (C=O) groups is 1. The van der Waals surface area contributed by atoms with Crippen LogP contribution in [0.25, 0.3) is 11.0 Å². The second-order valence-electron chi connectivity index (χ2n) is 6.65. The Hall–Kier alpha value is -3.54. The van der Waals surface area contributed by atoms with E-state index in [1.54, 1.807) is 36.8 Å². The van der Waals surface area contributed by atoms with Crippen molar-refractivity contribution in [3.05, 3.63) is 95.8 Å². The number of hydrogen-bond donors (Lipinski definition) is 1. The Bertz CT molecular complexity index is 1100. The van der Waals surface area contributed by atoms with Gasteiger partial charge in [-0.2, -0.15) is 0 Å². The summed E-state index contributed by atoms with van der Waals surface area (Å²) in [6, 6.07) is 17.2. The molecule has 0 aliphatic heterocycles. The number of aryl methyl sites for hydroxylation is 1. The molecule has 4 rings (SSSR count). The van der Waals surface area contributed by atoms with Crippen molar-refractivity contribution in [2.24, 2.45) is 0 Å². The van der Waals surface area contributed by atoms with Crippen LogP contribution in [0.2, 0.25) is 0 Å². The Labute approximate surface area is 161 Å². The highest BCUT2D eigenvalue weighted by atomic mass is 19.1. The van der Waals surface area contributed by atoms with Crippen LogP contribution in [0.5, 0.6) is 0 Å². The number of nitrogens with zero attached hydrogens (tertiary/aromatic N) is 3. The van der Waals surface area contributed by atoms with Gasteiger partial charge in [-0.25, -0.2) is 9.37 Å². The minimum absolute atomic E-state index is 0.230. The molecule has 0 saturated heterocycles. The van der Waals surface area contributed by atoms with Crippen molar-refractivity contribution in [3.8, 4) is 0 Å². The van der Waals surface area contributed by atoms with Gasteiger partial charge in [0.15, 0.2) is 0 Å². The first kappa shape index (κ1) is 17.9. The topological polar surface area (TPSA) is 59.8 Å². The van der Waals surface area contributed by atoms with Gasteiger partial charge in [-0.05, 0) is 48.9 Å². The number of benzene rings is 2. The molecule has 2 aromatic carbocycles. The van der Waals surface area contributed by atoms with E-state index in [4.69, 9.17) is 0 Å². The Morgan fingerprint density at radius 2 is 1.86 bits per heavy atom. The molecule has 5 nitrogen and oxygen atoms in total. The molecule has 2 aromatic heterocycles. The van der Waals surface area contributed by atoms with Gasteiger partial charge in [0.1, 0.15) is 5.82 Å². The van der Waals surface area contributed by atoms with Crippen LogP contribution in [-0.4, -0.2) is 20.4 Å². The minimum atomic E-state index is -0.355. The van der Waals surface area contributed by atoms with E-state index in [1.165, 1.54) is 12.1 Å². The maximum Gasteiger partial charge on any atom is 0.253 e. The highest BCUT2D eigenvalue weighted by Crippen LogP contribution is 2.20. The van der Waals surface area contributed by atoms with Crippen LogP contribution in [0.1, 0.15) is 27.7 Å². The number of nitrogens with one attached hydrogen (secondary N) is 1. The molecule has 0 bridgehead atoms. The fraction of sp³-hybridized carbons (Fsp3) is 0.136. The van der Waals surface area contributed by atoms with Crippen molar-refractivity contribution in [1.29, 1.82) is 0 Å². The van der Waals surface area contributed by atoms with Crippen LogP contribution in [0.15, 0.2) is 73.2 Å². The summed E-state index contributed by atoms with van der Waals surface area (Å²) in [5.41, 5.74) is 3.99. The molecule has 6 heteroatoms. The van der Waals surface area contributed by atoms with E-state index in [1.807, 2.05) is 35.8 Å². The highest BCUT2D eigenvalue weighted by molar-refractivity contribution is 5.94. The largest absolute Gasteiger partial charge is 0.343 e. The van der Waals surface area contributed by atoms with E-state index < -0.39 is 0 Å². The van der Waals surface area contributed by atoms with E-state index in [9.17, 15) is 9.18 Å². The number of rotatable bonds is 5. The second kappa shape index (κ2) is 7.60. The van der Waals surface area contributed by atoms with Crippen LogP contribution in [-0.2, 0) is 6.54 Å². The fourth-order valence-electron chi connectivity index (χ4n) is 3.13. The molecule has 1 atom stereocenters.